The summed E-state index contributed by atoms with van der Waals surface area (Å²) in [5.41, 5.74) is 4.52. The number of ether oxygens (including phenoxy) is 4. The van der Waals surface area contributed by atoms with Crippen molar-refractivity contribution in [1.29, 1.82) is 0 Å². The van der Waals surface area contributed by atoms with Crippen molar-refractivity contribution in [3.05, 3.63) is 58.0 Å². The first-order valence-corrected chi connectivity index (χ1v) is 15.7. The summed E-state index contributed by atoms with van der Waals surface area (Å²) < 4.78 is 26.3. The SMILES string of the molecule is c1cc2c(cc1CSc1nnc3c4c5c(sc4n4c(SCc6ccc7c(c6)OCO7)nnc4n13)CCC5)OCO2. The van der Waals surface area contributed by atoms with Crippen molar-refractivity contribution in [2.24, 2.45) is 0 Å². The Morgan fingerprint density at radius 2 is 1.38 bits per heavy atom. The van der Waals surface area contributed by atoms with Crippen molar-refractivity contribution in [2.45, 2.75) is 41.1 Å². The Labute approximate surface area is 239 Å². The van der Waals surface area contributed by atoms with Gasteiger partial charge in [0.05, 0.1) is 5.39 Å². The summed E-state index contributed by atoms with van der Waals surface area (Å²) in [6.45, 7) is 0.535. The molecule has 3 aliphatic rings. The number of hydrogen-bond acceptors (Lipinski definition) is 11. The molecule has 0 spiro atoms. The van der Waals surface area contributed by atoms with E-state index in [4.69, 9.17) is 24.0 Å². The van der Waals surface area contributed by atoms with E-state index in [1.54, 1.807) is 23.5 Å². The van der Waals surface area contributed by atoms with Gasteiger partial charge in [-0.3, -0.25) is 0 Å². The largest absolute Gasteiger partial charge is 0.454 e. The molecule has 0 unspecified atom stereocenters. The molecule has 0 saturated heterocycles. The van der Waals surface area contributed by atoms with Crippen LogP contribution in [0, 0.1) is 0 Å². The number of thiophene rings is 1. The van der Waals surface area contributed by atoms with Gasteiger partial charge in [0.25, 0.3) is 0 Å². The lowest BCUT2D eigenvalue weighted by Gasteiger charge is -2.07. The van der Waals surface area contributed by atoms with E-state index in [9.17, 15) is 0 Å². The second-order valence-electron chi connectivity index (χ2n) is 9.75. The lowest BCUT2D eigenvalue weighted by molar-refractivity contribution is 0.173. The van der Waals surface area contributed by atoms with E-state index in [2.05, 4.69) is 36.2 Å². The highest BCUT2D eigenvalue weighted by Crippen LogP contribution is 2.42. The lowest BCUT2D eigenvalue weighted by atomic mass is 10.2. The number of nitrogens with zero attached hydrogens (tertiary/aromatic N) is 6. The molecule has 200 valence electrons. The molecule has 0 N–H and O–H groups in total. The summed E-state index contributed by atoms with van der Waals surface area (Å²) >= 11 is 5.13. The number of thioether (sulfide) groups is 2. The molecule has 2 aromatic carbocycles. The molecule has 13 heteroatoms. The van der Waals surface area contributed by atoms with Gasteiger partial charge in [-0.25, -0.2) is 8.80 Å². The molecule has 0 bridgehead atoms. The van der Waals surface area contributed by atoms with E-state index >= 15 is 0 Å². The fourth-order valence-electron chi connectivity index (χ4n) is 5.52. The van der Waals surface area contributed by atoms with Crippen LogP contribution in [0.15, 0.2) is 46.7 Å². The van der Waals surface area contributed by atoms with Gasteiger partial charge < -0.3 is 18.9 Å². The first-order valence-electron chi connectivity index (χ1n) is 12.9. The lowest BCUT2D eigenvalue weighted by Crippen LogP contribution is -2.00. The quantitative estimate of drug-likeness (QED) is 0.232. The molecule has 0 saturated carbocycles. The van der Waals surface area contributed by atoms with Gasteiger partial charge in [0.2, 0.25) is 19.4 Å². The number of aryl methyl sites for hydroxylation is 2. The predicted molar refractivity (Wildman–Crippen MR) is 151 cm³/mol. The number of rotatable bonds is 6. The zero-order chi connectivity index (χ0) is 26.2. The first kappa shape index (κ1) is 23.1. The van der Waals surface area contributed by atoms with E-state index in [1.807, 2.05) is 35.6 Å². The second-order valence-corrected chi connectivity index (χ2v) is 12.7. The van der Waals surface area contributed by atoms with Crippen LogP contribution in [0.1, 0.15) is 28.0 Å². The van der Waals surface area contributed by atoms with Crippen LogP contribution in [-0.2, 0) is 24.3 Å². The standard InChI is InChI=1S/C27H20N6O4S3/c1-2-16-21(3-1)40-24-22(16)23-28-30-26(38-10-14-4-6-17-19(8-14)36-12-34-17)32(23)25-29-31-27(33(24)25)39-11-15-5-7-18-20(9-15)37-13-35-18/h4-9H,1-3,10-13H2. The average Bonchev–Trinajstić information content (AvgIpc) is 3.80. The third kappa shape index (κ3) is 3.50. The topological polar surface area (TPSA) is 97.3 Å². The smallest absolute Gasteiger partial charge is 0.245 e. The fraction of sp³-hybridized carbons (Fsp3) is 0.259. The minimum atomic E-state index is 0.265. The van der Waals surface area contributed by atoms with Crippen LogP contribution in [-0.4, -0.2) is 42.8 Å². The Bertz CT molecular complexity index is 1980. The third-order valence-corrected chi connectivity index (χ3v) is 10.7. The number of hydrogen-bond donors (Lipinski definition) is 0. The molecule has 0 atom stereocenters. The van der Waals surface area contributed by atoms with Gasteiger partial charge in [0, 0.05) is 16.4 Å². The van der Waals surface area contributed by atoms with E-state index in [1.165, 1.54) is 22.2 Å². The maximum atomic E-state index is 5.57. The van der Waals surface area contributed by atoms with Crippen molar-refractivity contribution in [2.75, 3.05) is 13.6 Å². The summed E-state index contributed by atoms with van der Waals surface area (Å²) in [5.74, 6) is 5.32. The zero-order valence-corrected chi connectivity index (χ0v) is 23.4. The molecule has 0 fully saturated rings. The van der Waals surface area contributed by atoms with Crippen LogP contribution < -0.4 is 18.9 Å². The molecule has 6 aromatic rings. The highest BCUT2D eigenvalue weighted by molar-refractivity contribution is 7.98. The zero-order valence-electron chi connectivity index (χ0n) is 21.0. The van der Waals surface area contributed by atoms with Gasteiger partial charge in [-0.05, 0) is 60.2 Å². The van der Waals surface area contributed by atoms with Crippen molar-refractivity contribution < 1.29 is 18.9 Å². The van der Waals surface area contributed by atoms with Crippen LogP contribution >= 0.6 is 34.9 Å². The summed E-state index contributed by atoms with van der Waals surface area (Å²) in [6, 6.07) is 12.1. The van der Waals surface area contributed by atoms with Gasteiger partial charge in [-0.2, -0.15) is 0 Å². The van der Waals surface area contributed by atoms with E-state index < -0.39 is 0 Å². The highest BCUT2D eigenvalue weighted by atomic mass is 32.2. The minimum absolute atomic E-state index is 0.265. The van der Waals surface area contributed by atoms with Crippen LogP contribution in [0.2, 0.25) is 0 Å². The molecule has 0 amide bonds. The first-order chi connectivity index (χ1) is 19.8. The average molecular weight is 589 g/mol. The van der Waals surface area contributed by atoms with Crippen LogP contribution in [0.5, 0.6) is 23.0 Å². The van der Waals surface area contributed by atoms with Crippen LogP contribution in [0.3, 0.4) is 0 Å². The summed E-state index contributed by atoms with van der Waals surface area (Å²) in [5, 5.41) is 21.5. The monoisotopic (exact) mass is 588 g/mol. The maximum Gasteiger partial charge on any atom is 0.245 e. The van der Waals surface area contributed by atoms with Gasteiger partial charge in [-0.15, -0.1) is 31.7 Å². The normalized spacial score (nSPS) is 15.2. The number of aromatic nitrogens is 6. The van der Waals surface area contributed by atoms with Crippen LogP contribution in [0.4, 0.5) is 0 Å². The molecule has 6 heterocycles. The van der Waals surface area contributed by atoms with Gasteiger partial charge >= 0.3 is 0 Å². The van der Waals surface area contributed by atoms with Crippen molar-refractivity contribution in [3.8, 4) is 23.0 Å². The van der Waals surface area contributed by atoms with E-state index in [0.717, 1.165) is 79.3 Å². The van der Waals surface area contributed by atoms with Crippen molar-refractivity contribution >= 4 is 56.5 Å². The molecule has 1 aliphatic carbocycles. The third-order valence-electron chi connectivity index (χ3n) is 7.39. The molecule has 40 heavy (non-hydrogen) atoms. The molecule has 2 aliphatic heterocycles. The Morgan fingerprint density at radius 3 is 2.10 bits per heavy atom. The Hall–Kier alpha value is -3.68. The summed E-state index contributed by atoms with van der Waals surface area (Å²) in [4.78, 5) is 2.58. The Balaban J connectivity index is 1.13. The van der Waals surface area contributed by atoms with E-state index in [0.29, 0.717) is 5.75 Å². The minimum Gasteiger partial charge on any atom is -0.454 e. The summed E-state index contributed by atoms with van der Waals surface area (Å²) in [6.07, 6.45) is 3.34. The van der Waals surface area contributed by atoms with Crippen molar-refractivity contribution in [1.82, 2.24) is 29.2 Å². The molecule has 4 aromatic heterocycles. The molecule has 0 radical (unpaired) electrons. The van der Waals surface area contributed by atoms with E-state index in [-0.39, 0.29) is 13.6 Å². The Kier molecular flexibility index (Phi) is 5.14. The molecule has 10 nitrogen and oxygen atoms in total. The fourth-order valence-corrected chi connectivity index (χ4v) is 8.71. The predicted octanol–water partition coefficient (Wildman–Crippen LogP) is 5.52. The number of fused-ring (bicyclic) bond motifs is 10. The second kappa shape index (κ2) is 8.91. The maximum absolute atomic E-state index is 5.57. The number of benzene rings is 2. The highest BCUT2D eigenvalue weighted by Gasteiger charge is 2.27. The summed E-state index contributed by atoms with van der Waals surface area (Å²) in [7, 11) is 0. The Morgan fingerprint density at radius 1 is 0.725 bits per heavy atom. The van der Waals surface area contributed by atoms with Gasteiger partial charge in [-0.1, -0.05) is 35.7 Å². The molecular formula is C27H20N6O4S3. The van der Waals surface area contributed by atoms with Gasteiger partial charge in [0.1, 0.15) is 4.83 Å². The van der Waals surface area contributed by atoms with Crippen molar-refractivity contribution in [3.63, 3.8) is 0 Å². The molecular weight excluding hydrogens is 569 g/mol. The van der Waals surface area contributed by atoms with Crippen LogP contribution in [0.25, 0.3) is 21.6 Å². The van der Waals surface area contributed by atoms with Gasteiger partial charge in [0.15, 0.2) is 39.0 Å². The molecule has 9 rings (SSSR count).